The summed E-state index contributed by atoms with van der Waals surface area (Å²) < 4.78 is 10.9. The Kier molecular flexibility index (Phi) is 4.33. The maximum absolute atomic E-state index is 5.97. The third-order valence-electron chi connectivity index (χ3n) is 2.97. The van der Waals surface area contributed by atoms with Gasteiger partial charge in [0.2, 0.25) is 5.88 Å². The zero-order valence-electron chi connectivity index (χ0n) is 10.8. The third kappa shape index (κ3) is 2.88. The van der Waals surface area contributed by atoms with E-state index in [2.05, 4.69) is 15.3 Å². The summed E-state index contributed by atoms with van der Waals surface area (Å²) in [6.45, 7) is 5.16. The quantitative estimate of drug-likeness (QED) is 0.779. The third-order valence-corrected chi connectivity index (χ3v) is 2.97. The Morgan fingerprint density at radius 2 is 2.22 bits per heavy atom. The van der Waals surface area contributed by atoms with Crippen molar-refractivity contribution >= 4 is 5.82 Å². The molecule has 3 unspecified atom stereocenters. The Balaban J connectivity index is 1.97. The van der Waals surface area contributed by atoms with Gasteiger partial charge in [-0.3, -0.25) is 4.98 Å². The molecule has 0 bridgehead atoms. The van der Waals surface area contributed by atoms with E-state index in [1.807, 2.05) is 13.8 Å². The van der Waals surface area contributed by atoms with E-state index >= 15 is 0 Å². The summed E-state index contributed by atoms with van der Waals surface area (Å²) in [6.07, 6.45) is 4.29. The van der Waals surface area contributed by atoms with Crippen LogP contribution in [0.15, 0.2) is 12.4 Å². The van der Waals surface area contributed by atoms with Gasteiger partial charge in [-0.15, -0.1) is 0 Å². The lowest BCUT2D eigenvalue weighted by molar-refractivity contribution is -0.0127. The first-order valence-electron chi connectivity index (χ1n) is 6.33. The molecule has 1 aliphatic carbocycles. The minimum absolute atomic E-state index is 0.0936. The summed E-state index contributed by atoms with van der Waals surface area (Å²) in [5.41, 5.74) is 5.97. The van der Waals surface area contributed by atoms with Crippen LogP contribution in [0.4, 0.5) is 5.82 Å². The second-order valence-electron chi connectivity index (χ2n) is 4.24. The zero-order valence-corrected chi connectivity index (χ0v) is 10.8. The average molecular weight is 252 g/mol. The van der Waals surface area contributed by atoms with Crippen LogP contribution in [-0.4, -0.2) is 41.4 Å². The predicted octanol–water partition coefficient (Wildman–Crippen LogP) is 0.792. The molecule has 6 heteroatoms. The van der Waals surface area contributed by atoms with Crippen molar-refractivity contribution in [2.45, 2.75) is 38.5 Å². The minimum Gasteiger partial charge on any atom is -0.477 e. The van der Waals surface area contributed by atoms with Crippen LogP contribution in [0.2, 0.25) is 0 Å². The summed E-state index contributed by atoms with van der Waals surface area (Å²) >= 11 is 0. The van der Waals surface area contributed by atoms with Crippen LogP contribution < -0.4 is 15.8 Å². The maximum atomic E-state index is 5.97. The Morgan fingerprint density at radius 1 is 1.39 bits per heavy atom. The number of aromatic nitrogens is 2. The van der Waals surface area contributed by atoms with Gasteiger partial charge in [0, 0.05) is 12.6 Å². The highest BCUT2D eigenvalue weighted by Crippen LogP contribution is 2.25. The molecule has 18 heavy (non-hydrogen) atoms. The molecule has 0 amide bonds. The topological polar surface area (TPSA) is 82.3 Å². The van der Waals surface area contributed by atoms with Crippen molar-refractivity contribution in [3.8, 4) is 5.88 Å². The standard InChI is InChI=1S/C12H20N4O2/c1-3-17-9-5-8(13)12(9)16-10-6-14-7-11(15-10)18-4-2/h6-9,12H,3-5,13H2,1-2H3,(H,15,16). The highest BCUT2D eigenvalue weighted by molar-refractivity contribution is 5.37. The molecule has 0 saturated heterocycles. The van der Waals surface area contributed by atoms with Gasteiger partial charge in [-0.25, -0.2) is 0 Å². The summed E-state index contributed by atoms with van der Waals surface area (Å²) in [4.78, 5) is 8.39. The number of hydrogen-bond acceptors (Lipinski definition) is 6. The Labute approximate surface area is 107 Å². The van der Waals surface area contributed by atoms with Crippen LogP contribution in [-0.2, 0) is 4.74 Å². The SMILES string of the molecule is CCOc1cncc(NC2C(N)CC2OCC)n1. The van der Waals surface area contributed by atoms with Crippen molar-refractivity contribution in [1.82, 2.24) is 9.97 Å². The predicted molar refractivity (Wildman–Crippen MR) is 68.6 cm³/mol. The molecule has 0 radical (unpaired) electrons. The molecule has 1 fully saturated rings. The van der Waals surface area contributed by atoms with Gasteiger partial charge < -0.3 is 20.5 Å². The molecule has 100 valence electrons. The van der Waals surface area contributed by atoms with Gasteiger partial charge >= 0.3 is 0 Å². The number of nitrogens with zero attached hydrogens (tertiary/aromatic N) is 2. The lowest BCUT2D eigenvalue weighted by Gasteiger charge is -2.42. The Bertz CT molecular complexity index is 386. The van der Waals surface area contributed by atoms with Crippen LogP contribution in [0.1, 0.15) is 20.3 Å². The van der Waals surface area contributed by atoms with Crippen molar-refractivity contribution in [1.29, 1.82) is 0 Å². The highest BCUT2D eigenvalue weighted by Gasteiger charge is 2.39. The summed E-state index contributed by atoms with van der Waals surface area (Å²) in [7, 11) is 0. The van der Waals surface area contributed by atoms with Crippen molar-refractivity contribution < 1.29 is 9.47 Å². The molecule has 6 nitrogen and oxygen atoms in total. The molecule has 3 N–H and O–H groups in total. The fourth-order valence-electron chi connectivity index (χ4n) is 2.03. The Morgan fingerprint density at radius 3 is 2.89 bits per heavy atom. The minimum atomic E-state index is 0.0936. The molecule has 1 aromatic heterocycles. The normalized spacial score (nSPS) is 26.5. The molecule has 3 atom stereocenters. The Hall–Kier alpha value is -1.40. The van der Waals surface area contributed by atoms with Gasteiger partial charge in [-0.05, 0) is 20.3 Å². The smallest absolute Gasteiger partial charge is 0.234 e. The lowest BCUT2D eigenvalue weighted by Crippen LogP contribution is -2.60. The van der Waals surface area contributed by atoms with Crippen LogP contribution >= 0.6 is 0 Å². The van der Waals surface area contributed by atoms with E-state index in [9.17, 15) is 0 Å². The average Bonchev–Trinajstić information content (AvgIpc) is 2.37. The number of hydrogen-bond donors (Lipinski definition) is 2. The number of rotatable bonds is 6. The number of anilines is 1. The van der Waals surface area contributed by atoms with Crippen molar-refractivity contribution in [2.24, 2.45) is 5.73 Å². The first kappa shape index (κ1) is 13.0. The van der Waals surface area contributed by atoms with Crippen LogP contribution in [0.5, 0.6) is 5.88 Å². The van der Waals surface area contributed by atoms with Gasteiger partial charge in [-0.2, -0.15) is 4.98 Å². The molecule has 0 aromatic carbocycles. The van der Waals surface area contributed by atoms with E-state index in [1.165, 1.54) is 0 Å². The lowest BCUT2D eigenvalue weighted by atomic mass is 9.83. The van der Waals surface area contributed by atoms with E-state index in [0.717, 1.165) is 6.42 Å². The highest BCUT2D eigenvalue weighted by atomic mass is 16.5. The number of ether oxygens (including phenoxy) is 2. The second-order valence-corrected chi connectivity index (χ2v) is 4.24. The van der Waals surface area contributed by atoms with Crippen molar-refractivity contribution in [2.75, 3.05) is 18.5 Å². The van der Waals surface area contributed by atoms with Gasteiger partial charge in [0.05, 0.1) is 31.1 Å². The fraction of sp³-hybridized carbons (Fsp3) is 0.667. The van der Waals surface area contributed by atoms with Gasteiger partial charge in [0.15, 0.2) is 0 Å². The number of nitrogens with two attached hydrogens (primary N) is 1. The van der Waals surface area contributed by atoms with Crippen LogP contribution in [0.25, 0.3) is 0 Å². The molecule has 1 saturated carbocycles. The van der Waals surface area contributed by atoms with E-state index in [0.29, 0.717) is 24.9 Å². The molecule has 1 heterocycles. The molecule has 0 spiro atoms. The van der Waals surface area contributed by atoms with Gasteiger partial charge in [0.25, 0.3) is 0 Å². The molecule has 1 aromatic rings. The zero-order chi connectivity index (χ0) is 13.0. The van der Waals surface area contributed by atoms with Crippen molar-refractivity contribution in [3.05, 3.63) is 12.4 Å². The van der Waals surface area contributed by atoms with E-state index in [4.69, 9.17) is 15.2 Å². The summed E-state index contributed by atoms with van der Waals surface area (Å²) in [5.74, 6) is 1.19. The molecule has 0 aliphatic heterocycles. The largest absolute Gasteiger partial charge is 0.477 e. The molecule has 1 aliphatic rings. The summed E-state index contributed by atoms with van der Waals surface area (Å²) in [6, 6.07) is 0.190. The molecule has 2 rings (SSSR count). The van der Waals surface area contributed by atoms with E-state index in [-0.39, 0.29) is 18.2 Å². The number of nitrogens with one attached hydrogen (secondary N) is 1. The first-order valence-corrected chi connectivity index (χ1v) is 6.33. The molecular formula is C12H20N4O2. The summed E-state index contributed by atoms with van der Waals surface area (Å²) in [5, 5.41) is 3.26. The first-order chi connectivity index (χ1) is 8.74. The van der Waals surface area contributed by atoms with E-state index < -0.39 is 0 Å². The monoisotopic (exact) mass is 252 g/mol. The van der Waals surface area contributed by atoms with Crippen LogP contribution in [0.3, 0.4) is 0 Å². The van der Waals surface area contributed by atoms with Gasteiger partial charge in [0.1, 0.15) is 5.82 Å². The second kappa shape index (κ2) is 5.97. The van der Waals surface area contributed by atoms with Crippen LogP contribution in [0, 0.1) is 0 Å². The maximum Gasteiger partial charge on any atom is 0.234 e. The van der Waals surface area contributed by atoms with Gasteiger partial charge in [-0.1, -0.05) is 0 Å². The van der Waals surface area contributed by atoms with E-state index in [1.54, 1.807) is 12.4 Å². The fourth-order valence-corrected chi connectivity index (χ4v) is 2.03. The van der Waals surface area contributed by atoms with Crippen molar-refractivity contribution in [3.63, 3.8) is 0 Å². The molecular weight excluding hydrogens is 232 g/mol.